The first-order valence-corrected chi connectivity index (χ1v) is 9.26. The number of halogens is 1. The molecule has 1 amide bonds. The summed E-state index contributed by atoms with van der Waals surface area (Å²) in [6.45, 7) is 4.97. The number of anilines is 2. The van der Waals surface area contributed by atoms with Crippen LogP contribution in [-0.2, 0) is 6.42 Å². The monoisotopic (exact) mass is 378 g/mol. The zero-order valence-electron chi connectivity index (χ0n) is 16.0. The third-order valence-corrected chi connectivity index (χ3v) is 4.40. The van der Waals surface area contributed by atoms with Gasteiger partial charge in [-0.15, -0.1) is 0 Å². The molecule has 1 heterocycles. The van der Waals surface area contributed by atoms with Gasteiger partial charge in [-0.2, -0.15) is 0 Å². The quantitative estimate of drug-likeness (QED) is 0.668. The average molecular weight is 378 g/mol. The molecule has 1 N–H and O–H groups in total. The standard InChI is InChI=1S/C22H23FN4O/c1-3-27(18-9-6-7-16(2)13-18)22(28)20-14-26-21(15-25-20)24-12-11-17-8-4-5-10-19(17)23/h4-10,13-15H,3,11-12H2,1-2H3,(H,24,26). The zero-order valence-corrected chi connectivity index (χ0v) is 16.0. The largest absolute Gasteiger partial charge is 0.368 e. The van der Waals surface area contributed by atoms with Crippen LogP contribution >= 0.6 is 0 Å². The van der Waals surface area contributed by atoms with Gasteiger partial charge in [-0.1, -0.05) is 30.3 Å². The molecule has 0 fully saturated rings. The highest BCUT2D eigenvalue weighted by molar-refractivity contribution is 6.04. The van der Waals surface area contributed by atoms with Gasteiger partial charge in [0, 0.05) is 18.8 Å². The van der Waals surface area contributed by atoms with E-state index >= 15 is 0 Å². The van der Waals surface area contributed by atoms with Crippen LogP contribution < -0.4 is 10.2 Å². The normalized spacial score (nSPS) is 10.5. The second kappa shape index (κ2) is 9.08. The molecule has 0 unspecified atom stereocenters. The zero-order chi connectivity index (χ0) is 19.9. The molecule has 0 spiro atoms. The van der Waals surface area contributed by atoms with E-state index in [0.29, 0.717) is 30.9 Å². The van der Waals surface area contributed by atoms with E-state index in [0.717, 1.165) is 11.3 Å². The third-order valence-electron chi connectivity index (χ3n) is 4.40. The van der Waals surface area contributed by atoms with Crippen LogP contribution in [0.25, 0.3) is 0 Å². The first kappa shape index (κ1) is 19.5. The SMILES string of the molecule is CCN(C(=O)c1cnc(NCCc2ccccc2F)cn1)c1cccc(C)c1. The van der Waals surface area contributed by atoms with Crippen molar-refractivity contribution in [2.24, 2.45) is 0 Å². The van der Waals surface area contributed by atoms with E-state index in [-0.39, 0.29) is 17.4 Å². The second-order valence-corrected chi connectivity index (χ2v) is 6.44. The van der Waals surface area contributed by atoms with Crippen molar-refractivity contribution < 1.29 is 9.18 Å². The van der Waals surface area contributed by atoms with E-state index < -0.39 is 0 Å². The lowest BCUT2D eigenvalue weighted by molar-refractivity contribution is 0.0983. The van der Waals surface area contributed by atoms with Crippen LogP contribution in [0.3, 0.4) is 0 Å². The van der Waals surface area contributed by atoms with Crippen molar-refractivity contribution in [3.63, 3.8) is 0 Å². The first-order chi connectivity index (χ1) is 13.6. The third kappa shape index (κ3) is 4.71. The summed E-state index contributed by atoms with van der Waals surface area (Å²) in [6.07, 6.45) is 3.52. The van der Waals surface area contributed by atoms with Gasteiger partial charge in [0.05, 0.1) is 12.4 Å². The van der Waals surface area contributed by atoms with Crippen molar-refractivity contribution in [2.45, 2.75) is 20.3 Å². The molecular formula is C22H23FN4O. The number of amides is 1. The van der Waals surface area contributed by atoms with Gasteiger partial charge in [-0.05, 0) is 49.6 Å². The molecule has 0 bridgehead atoms. The highest BCUT2D eigenvalue weighted by Crippen LogP contribution is 2.18. The van der Waals surface area contributed by atoms with Gasteiger partial charge >= 0.3 is 0 Å². The first-order valence-electron chi connectivity index (χ1n) is 9.26. The Morgan fingerprint density at radius 2 is 1.93 bits per heavy atom. The molecule has 144 valence electrons. The molecule has 0 aliphatic carbocycles. The van der Waals surface area contributed by atoms with Crippen LogP contribution in [0, 0.1) is 12.7 Å². The Kier molecular flexibility index (Phi) is 6.32. The molecule has 6 heteroatoms. The lowest BCUT2D eigenvalue weighted by atomic mass is 10.1. The van der Waals surface area contributed by atoms with Crippen LogP contribution in [0.1, 0.15) is 28.5 Å². The predicted octanol–water partition coefficient (Wildman–Crippen LogP) is 4.25. The molecule has 0 saturated carbocycles. The summed E-state index contributed by atoms with van der Waals surface area (Å²) >= 11 is 0. The average Bonchev–Trinajstić information content (AvgIpc) is 2.70. The van der Waals surface area contributed by atoms with E-state index in [9.17, 15) is 9.18 Å². The summed E-state index contributed by atoms with van der Waals surface area (Å²) in [5, 5.41) is 3.10. The predicted molar refractivity (Wildman–Crippen MR) is 109 cm³/mol. The number of carbonyl (C=O) groups excluding carboxylic acids is 1. The molecule has 1 aromatic heterocycles. The van der Waals surface area contributed by atoms with Crippen molar-refractivity contribution in [2.75, 3.05) is 23.3 Å². The molecule has 0 radical (unpaired) electrons. The molecule has 28 heavy (non-hydrogen) atoms. The number of hydrogen-bond donors (Lipinski definition) is 1. The van der Waals surface area contributed by atoms with Gasteiger partial charge in [0.2, 0.25) is 0 Å². The fourth-order valence-electron chi connectivity index (χ4n) is 2.93. The summed E-state index contributed by atoms with van der Waals surface area (Å²) in [4.78, 5) is 23.0. The van der Waals surface area contributed by atoms with Crippen LogP contribution in [0.2, 0.25) is 0 Å². The minimum atomic E-state index is -0.216. The van der Waals surface area contributed by atoms with Gasteiger partial charge in [-0.3, -0.25) is 4.79 Å². The number of aryl methyl sites for hydroxylation is 1. The molecule has 0 atom stereocenters. The molecule has 0 saturated heterocycles. The Morgan fingerprint density at radius 1 is 1.11 bits per heavy atom. The maximum absolute atomic E-state index is 13.6. The number of aromatic nitrogens is 2. The van der Waals surface area contributed by atoms with E-state index in [1.165, 1.54) is 18.5 Å². The Hall–Kier alpha value is -3.28. The molecule has 3 aromatic rings. The van der Waals surface area contributed by atoms with E-state index in [1.807, 2.05) is 44.2 Å². The Labute approximate surface area is 164 Å². The summed E-state index contributed by atoms with van der Waals surface area (Å²) < 4.78 is 13.6. The van der Waals surface area contributed by atoms with Crippen LogP contribution in [0.5, 0.6) is 0 Å². The number of rotatable bonds is 7. The highest BCUT2D eigenvalue weighted by atomic mass is 19.1. The summed E-state index contributed by atoms with van der Waals surface area (Å²) in [6, 6.07) is 14.5. The smallest absolute Gasteiger partial charge is 0.278 e. The maximum Gasteiger partial charge on any atom is 0.278 e. The number of carbonyl (C=O) groups is 1. The van der Waals surface area contributed by atoms with Gasteiger partial charge in [0.1, 0.15) is 17.3 Å². The second-order valence-electron chi connectivity index (χ2n) is 6.44. The number of hydrogen-bond acceptors (Lipinski definition) is 4. The van der Waals surface area contributed by atoms with Crippen LogP contribution in [-0.4, -0.2) is 29.0 Å². The minimum absolute atomic E-state index is 0.196. The van der Waals surface area contributed by atoms with Crippen molar-refractivity contribution in [3.8, 4) is 0 Å². The van der Waals surface area contributed by atoms with Gasteiger partial charge in [-0.25, -0.2) is 14.4 Å². The molecule has 5 nitrogen and oxygen atoms in total. The Morgan fingerprint density at radius 3 is 2.61 bits per heavy atom. The maximum atomic E-state index is 13.6. The fraction of sp³-hybridized carbons (Fsp3) is 0.227. The van der Waals surface area contributed by atoms with Gasteiger partial charge in [0.15, 0.2) is 0 Å². The van der Waals surface area contributed by atoms with Crippen LogP contribution in [0.4, 0.5) is 15.9 Å². The molecule has 3 rings (SSSR count). The lowest BCUT2D eigenvalue weighted by Crippen LogP contribution is -2.31. The Balaban J connectivity index is 1.63. The molecule has 2 aromatic carbocycles. The van der Waals surface area contributed by atoms with E-state index in [2.05, 4.69) is 15.3 Å². The van der Waals surface area contributed by atoms with Crippen molar-refractivity contribution in [3.05, 3.63) is 83.6 Å². The van der Waals surface area contributed by atoms with Gasteiger partial charge < -0.3 is 10.2 Å². The van der Waals surface area contributed by atoms with E-state index in [4.69, 9.17) is 0 Å². The summed E-state index contributed by atoms with van der Waals surface area (Å²) in [5.74, 6) is 0.136. The van der Waals surface area contributed by atoms with Gasteiger partial charge in [0.25, 0.3) is 5.91 Å². The van der Waals surface area contributed by atoms with E-state index in [1.54, 1.807) is 17.0 Å². The number of nitrogens with one attached hydrogen (secondary N) is 1. The van der Waals surface area contributed by atoms with Crippen molar-refractivity contribution >= 4 is 17.4 Å². The van der Waals surface area contributed by atoms with Crippen LogP contribution in [0.15, 0.2) is 60.9 Å². The molecular weight excluding hydrogens is 355 g/mol. The Bertz CT molecular complexity index is 943. The minimum Gasteiger partial charge on any atom is -0.368 e. The molecule has 0 aliphatic heterocycles. The summed E-state index contributed by atoms with van der Waals surface area (Å²) in [7, 11) is 0. The summed E-state index contributed by atoms with van der Waals surface area (Å²) in [5.41, 5.74) is 2.85. The number of nitrogens with zero attached hydrogens (tertiary/aromatic N) is 3. The highest BCUT2D eigenvalue weighted by Gasteiger charge is 2.18. The molecule has 0 aliphatic rings. The van der Waals surface area contributed by atoms with Crippen molar-refractivity contribution in [1.29, 1.82) is 0 Å². The lowest BCUT2D eigenvalue weighted by Gasteiger charge is -2.21. The number of benzene rings is 2. The fourth-order valence-corrected chi connectivity index (χ4v) is 2.93. The topological polar surface area (TPSA) is 58.1 Å². The van der Waals surface area contributed by atoms with Crippen molar-refractivity contribution in [1.82, 2.24) is 9.97 Å².